The molecule has 2 aliphatic rings. The van der Waals surface area contributed by atoms with Gasteiger partial charge in [0.25, 0.3) is 0 Å². The lowest BCUT2D eigenvalue weighted by atomic mass is 9.97. The molecule has 1 saturated carbocycles. The number of nitrogens with zero attached hydrogens (tertiary/aromatic N) is 1. The Morgan fingerprint density at radius 1 is 1.50 bits per heavy atom. The fraction of sp³-hybridized carbons (Fsp3) is 0.545. The summed E-state index contributed by atoms with van der Waals surface area (Å²) in [5, 5.41) is 2.16. The molecular weight excluding hydrogens is 194 g/mol. The summed E-state index contributed by atoms with van der Waals surface area (Å²) in [6.45, 7) is 0.915. The zero-order valence-electron chi connectivity index (χ0n) is 7.98. The SMILES string of the molecule is O=CN1CCc2sccc2C1C1CC1. The Morgan fingerprint density at radius 3 is 3.07 bits per heavy atom. The van der Waals surface area contributed by atoms with Crippen molar-refractivity contribution in [1.82, 2.24) is 4.90 Å². The largest absolute Gasteiger partial charge is 0.338 e. The van der Waals surface area contributed by atoms with Crippen LogP contribution in [0.15, 0.2) is 11.4 Å². The molecule has 1 aliphatic heterocycles. The first-order valence-corrected chi connectivity index (χ1v) is 6.05. The molecule has 2 nitrogen and oxygen atoms in total. The van der Waals surface area contributed by atoms with E-state index in [2.05, 4.69) is 11.4 Å². The second kappa shape index (κ2) is 3.09. The molecule has 1 aromatic rings. The molecule has 3 rings (SSSR count). The van der Waals surface area contributed by atoms with Crippen molar-refractivity contribution in [2.24, 2.45) is 5.92 Å². The fourth-order valence-electron chi connectivity index (χ4n) is 2.42. The van der Waals surface area contributed by atoms with Crippen molar-refractivity contribution in [3.8, 4) is 0 Å². The van der Waals surface area contributed by atoms with Crippen LogP contribution in [-0.4, -0.2) is 17.9 Å². The molecule has 2 heterocycles. The normalized spacial score (nSPS) is 26.0. The second-order valence-electron chi connectivity index (χ2n) is 4.17. The maximum atomic E-state index is 11.0. The van der Waals surface area contributed by atoms with Crippen LogP contribution in [0.1, 0.15) is 29.3 Å². The van der Waals surface area contributed by atoms with Crippen LogP contribution in [-0.2, 0) is 11.2 Å². The van der Waals surface area contributed by atoms with Crippen LogP contribution in [0.25, 0.3) is 0 Å². The smallest absolute Gasteiger partial charge is 0.210 e. The highest BCUT2D eigenvalue weighted by Crippen LogP contribution is 2.47. The predicted octanol–water partition coefficient (Wildman–Crippen LogP) is 2.21. The maximum absolute atomic E-state index is 11.0. The molecule has 74 valence electrons. The first-order chi connectivity index (χ1) is 6.90. The second-order valence-corrected chi connectivity index (χ2v) is 5.18. The quantitative estimate of drug-likeness (QED) is 0.681. The van der Waals surface area contributed by atoms with E-state index in [9.17, 15) is 4.79 Å². The standard InChI is InChI=1S/C11H13NOS/c13-7-12-5-3-10-9(4-6-14-10)11(12)8-1-2-8/h4,6-8,11H,1-3,5H2. The van der Waals surface area contributed by atoms with E-state index in [1.165, 1.54) is 23.3 Å². The molecule has 0 radical (unpaired) electrons. The van der Waals surface area contributed by atoms with E-state index >= 15 is 0 Å². The monoisotopic (exact) mass is 207 g/mol. The molecule has 1 aliphatic carbocycles. The van der Waals surface area contributed by atoms with E-state index in [0.717, 1.165) is 25.3 Å². The van der Waals surface area contributed by atoms with Crippen molar-refractivity contribution >= 4 is 17.7 Å². The van der Waals surface area contributed by atoms with Crippen LogP contribution in [0.2, 0.25) is 0 Å². The van der Waals surface area contributed by atoms with Crippen LogP contribution < -0.4 is 0 Å². The summed E-state index contributed by atoms with van der Waals surface area (Å²) in [5.41, 5.74) is 1.43. The van der Waals surface area contributed by atoms with Crippen molar-refractivity contribution < 1.29 is 4.79 Å². The molecule has 1 unspecified atom stereocenters. The summed E-state index contributed by atoms with van der Waals surface area (Å²) in [7, 11) is 0. The van der Waals surface area contributed by atoms with Crippen LogP contribution in [0, 0.1) is 5.92 Å². The minimum absolute atomic E-state index is 0.405. The lowest BCUT2D eigenvalue weighted by Crippen LogP contribution is -2.34. The fourth-order valence-corrected chi connectivity index (χ4v) is 3.33. The molecule has 0 saturated heterocycles. The summed E-state index contributed by atoms with van der Waals surface area (Å²) in [5.74, 6) is 0.744. The Morgan fingerprint density at radius 2 is 2.36 bits per heavy atom. The lowest BCUT2D eigenvalue weighted by molar-refractivity contribution is -0.121. The molecule has 0 aromatic carbocycles. The molecule has 0 bridgehead atoms. The molecule has 1 atom stereocenters. The van der Waals surface area contributed by atoms with Crippen molar-refractivity contribution in [3.63, 3.8) is 0 Å². The number of hydrogen-bond donors (Lipinski definition) is 0. The first kappa shape index (κ1) is 8.48. The summed E-state index contributed by atoms with van der Waals surface area (Å²) in [4.78, 5) is 14.5. The Labute approximate surface area is 87.5 Å². The van der Waals surface area contributed by atoms with Gasteiger partial charge in [0.15, 0.2) is 0 Å². The first-order valence-electron chi connectivity index (χ1n) is 5.17. The Hall–Kier alpha value is -0.830. The predicted molar refractivity (Wildman–Crippen MR) is 56.3 cm³/mol. The lowest BCUT2D eigenvalue weighted by Gasteiger charge is -2.33. The summed E-state index contributed by atoms with van der Waals surface area (Å²) < 4.78 is 0. The molecule has 1 amide bonds. The molecule has 14 heavy (non-hydrogen) atoms. The number of rotatable bonds is 2. The Balaban J connectivity index is 1.99. The minimum atomic E-state index is 0.405. The van der Waals surface area contributed by atoms with Crippen molar-refractivity contribution in [1.29, 1.82) is 0 Å². The third kappa shape index (κ3) is 1.19. The van der Waals surface area contributed by atoms with Crippen molar-refractivity contribution in [3.05, 3.63) is 21.9 Å². The van der Waals surface area contributed by atoms with Gasteiger partial charge in [0.2, 0.25) is 6.41 Å². The molecule has 1 aromatic heterocycles. The third-order valence-corrected chi connectivity index (χ3v) is 4.25. The molecule has 0 spiro atoms. The van der Waals surface area contributed by atoms with Gasteiger partial charge >= 0.3 is 0 Å². The maximum Gasteiger partial charge on any atom is 0.210 e. The molecule has 0 N–H and O–H groups in total. The van der Waals surface area contributed by atoms with Crippen LogP contribution in [0.4, 0.5) is 0 Å². The number of carbonyl (C=O) groups excluding carboxylic acids is 1. The van der Waals surface area contributed by atoms with Gasteiger partial charge in [-0.05, 0) is 42.2 Å². The van der Waals surface area contributed by atoms with Crippen LogP contribution >= 0.6 is 11.3 Å². The minimum Gasteiger partial charge on any atom is -0.338 e. The summed E-state index contributed by atoms with van der Waals surface area (Å²) in [6.07, 6.45) is 4.67. The summed E-state index contributed by atoms with van der Waals surface area (Å²) >= 11 is 1.84. The zero-order valence-corrected chi connectivity index (χ0v) is 8.80. The van der Waals surface area contributed by atoms with Gasteiger partial charge in [0.1, 0.15) is 0 Å². The van der Waals surface area contributed by atoms with Gasteiger partial charge in [-0.25, -0.2) is 0 Å². The van der Waals surface area contributed by atoms with E-state index < -0.39 is 0 Å². The van der Waals surface area contributed by atoms with E-state index in [4.69, 9.17) is 0 Å². The number of amides is 1. The molecule has 3 heteroatoms. The number of fused-ring (bicyclic) bond motifs is 1. The van der Waals surface area contributed by atoms with Crippen LogP contribution in [0.5, 0.6) is 0 Å². The van der Waals surface area contributed by atoms with E-state index in [0.29, 0.717) is 6.04 Å². The third-order valence-electron chi connectivity index (χ3n) is 3.26. The highest BCUT2D eigenvalue weighted by molar-refractivity contribution is 7.10. The van der Waals surface area contributed by atoms with Gasteiger partial charge in [-0.2, -0.15) is 0 Å². The highest BCUT2D eigenvalue weighted by Gasteiger charge is 2.39. The van der Waals surface area contributed by atoms with Gasteiger partial charge < -0.3 is 4.90 Å². The number of hydrogen-bond acceptors (Lipinski definition) is 2. The number of carbonyl (C=O) groups is 1. The average Bonchev–Trinajstić information content (AvgIpc) is 2.93. The van der Waals surface area contributed by atoms with Gasteiger partial charge in [-0.3, -0.25) is 4.79 Å². The van der Waals surface area contributed by atoms with Crippen LogP contribution in [0.3, 0.4) is 0 Å². The zero-order chi connectivity index (χ0) is 9.54. The Bertz CT molecular complexity index is 356. The highest BCUT2D eigenvalue weighted by atomic mass is 32.1. The number of thiophene rings is 1. The van der Waals surface area contributed by atoms with E-state index in [1.807, 2.05) is 16.2 Å². The van der Waals surface area contributed by atoms with E-state index in [-0.39, 0.29) is 0 Å². The van der Waals surface area contributed by atoms with Gasteiger partial charge in [0.05, 0.1) is 6.04 Å². The Kier molecular flexibility index (Phi) is 1.87. The van der Waals surface area contributed by atoms with Gasteiger partial charge in [-0.15, -0.1) is 11.3 Å². The molecule has 1 fully saturated rings. The molecular formula is C11H13NOS. The van der Waals surface area contributed by atoms with Gasteiger partial charge in [-0.1, -0.05) is 0 Å². The van der Waals surface area contributed by atoms with Crippen molar-refractivity contribution in [2.75, 3.05) is 6.54 Å². The van der Waals surface area contributed by atoms with E-state index in [1.54, 1.807) is 0 Å². The topological polar surface area (TPSA) is 20.3 Å². The van der Waals surface area contributed by atoms with Gasteiger partial charge in [0, 0.05) is 11.4 Å². The average molecular weight is 207 g/mol. The van der Waals surface area contributed by atoms with Crippen molar-refractivity contribution in [2.45, 2.75) is 25.3 Å². The summed E-state index contributed by atoms with van der Waals surface area (Å²) in [6, 6.07) is 2.61.